The third-order valence-corrected chi connectivity index (χ3v) is 5.84. The number of benzene rings is 2. The van der Waals surface area contributed by atoms with Gasteiger partial charge in [-0.1, -0.05) is 24.3 Å². The first kappa shape index (κ1) is 21.0. The van der Waals surface area contributed by atoms with Crippen LogP contribution in [0.1, 0.15) is 31.2 Å². The zero-order valence-corrected chi connectivity index (χ0v) is 17.7. The van der Waals surface area contributed by atoms with Crippen LogP contribution in [0.5, 0.6) is 17.2 Å². The first-order valence-electron chi connectivity index (χ1n) is 10.6. The van der Waals surface area contributed by atoms with E-state index in [0.717, 1.165) is 17.1 Å². The van der Waals surface area contributed by atoms with Gasteiger partial charge in [-0.3, -0.25) is 9.59 Å². The smallest absolute Gasteiger partial charge is 0.220 e. The van der Waals surface area contributed by atoms with Crippen molar-refractivity contribution in [2.75, 3.05) is 20.3 Å². The lowest BCUT2D eigenvalue weighted by Gasteiger charge is -2.30. The molecule has 2 aliphatic heterocycles. The molecule has 164 valence electrons. The summed E-state index contributed by atoms with van der Waals surface area (Å²) in [6.45, 7) is 0.773. The largest absolute Gasteiger partial charge is 0.497 e. The first-order valence-corrected chi connectivity index (χ1v) is 10.6. The summed E-state index contributed by atoms with van der Waals surface area (Å²) < 4.78 is 16.9. The standard InChI is InChI=1S/C24H28N2O5/c1-29-18-6-4-5-17(13-18)14-24(12-10-23(28)26-24)11-9-22(27)25-15-19-16-30-20-7-2-3-8-21(20)31-19/h2-8,13,19H,9-12,14-16H2,1H3,(H,25,27)(H,26,28)/t19-,24-/m0/s1. The molecule has 2 N–H and O–H groups in total. The average Bonchev–Trinajstić information content (AvgIpc) is 3.16. The van der Waals surface area contributed by atoms with Crippen molar-refractivity contribution in [2.45, 2.75) is 43.7 Å². The highest BCUT2D eigenvalue weighted by molar-refractivity contribution is 5.80. The van der Waals surface area contributed by atoms with Crippen molar-refractivity contribution in [3.05, 3.63) is 54.1 Å². The molecule has 7 heteroatoms. The van der Waals surface area contributed by atoms with Gasteiger partial charge in [-0.15, -0.1) is 0 Å². The van der Waals surface area contributed by atoms with E-state index in [1.807, 2.05) is 48.5 Å². The van der Waals surface area contributed by atoms with Crippen LogP contribution in [-0.2, 0) is 16.0 Å². The van der Waals surface area contributed by atoms with Crippen LogP contribution in [0.2, 0.25) is 0 Å². The molecule has 0 aliphatic carbocycles. The number of ether oxygens (including phenoxy) is 3. The molecule has 2 aromatic carbocycles. The third-order valence-electron chi connectivity index (χ3n) is 5.84. The second-order valence-electron chi connectivity index (χ2n) is 8.16. The van der Waals surface area contributed by atoms with E-state index in [4.69, 9.17) is 14.2 Å². The lowest BCUT2D eigenvalue weighted by molar-refractivity contribution is -0.123. The van der Waals surface area contributed by atoms with E-state index in [2.05, 4.69) is 10.6 Å². The van der Waals surface area contributed by atoms with Gasteiger partial charge in [0.2, 0.25) is 11.8 Å². The Morgan fingerprint density at radius 3 is 2.84 bits per heavy atom. The zero-order chi connectivity index (χ0) is 21.7. The second kappa shape index (κ2) is 9.29. The minimum atomic E-state index is -0.413. The van der Waals surface area contributed by atoms with Gasteiger partial charge in [0, 0.05) is 18.4 Å². The summed E-state index contributed by atoms with van der Waals surface area (Å²) in [4.78, 5) is 24.5. The summed E-state index contributed by atoms with van der Waals surface area (Å²) in [7, 11) is 1.64. The van der Waals surface area contributed by atoms with Crippen LogP contribution in [0.4, 0.5) is 0 Å². The van der Waals surface area contributed by atoms with E-state index in [-0.39, 0.29) is 17.9 Å². The highest BCUT2D eigenvalue weighted by atomic mass is 16.6. The van der Waals surface area contributed by atoms with Crippen molar-refractivity contribution in [1.82, 2.24) is 10.6 Å². The van der Waals surface area contributed by atoms with E-state index in [1.165, 1.54) is 0 Å². The second-order valence-corrected chi connectivity index (χ2v) is 8.16. The number of nitrogens with one attached hydrogen (secondary N) is 2. The maximum Gasteiger partial charge on any atom is 0.220 e. The topological polar surface area (TPSA) is 85.9 Å². The van der Waals surface area contributed by atoms with Crippen LogP contribution >= 0.6 is 0 Å². The molecule has 7 nitrogen and oxygen atoms in total. The molecular formula is C24H28N2O5. The number of amides is 2. The van der Waals surface area contributed by atoms with Gasteiger partial charge in [-0.25, -0.2) is 0 Å². The molecule has 0 bridgehead atoms. The summed E-state index contributed by atoms with van der Waals surface area (Å²) in [5.74, 6) is 2.18. The van der Waals surface area contributed by atoms with Gasteiger partial charge in [-0.05, 0) is 49.1 Å². The number of para-hydroxylation sites is 2. The molecule has 2 heterocycles. The molecule has 1 fully saturated rings. The lowest BCUT2D eigenvalue weighted by atomic mass is 9.85. The van der Waals surface area contributed by atoms with Crippen molar-refractivity contribution in [2.24, 2.45) is 0 Å². The van der Waals surface area contributed by atoms with Crippen molar-refractivity contribution in [3.63, 3.8) is 0 Å². The predicted molar refractivity (Wildman–Crippen MR) is 115 cm³/mol. The van der Waals surface area contributed by atoms with E-state index in [9.17, 15) is 9.59 Å². The molecule has 0 saturated carbocycles. The van der Waals surface area contributed by atoms with E-state index < -0.39 is 5.54 Å². The highest BCUT2D eigenvalue weighted by Gasteiger charge is 2.38. The molecule has 0 unspecified atom stereocenters. The van der Waals surface area contributed by atoms with Crippen LogP contribution in [0.25, 0.3) is 0 Å². The van der Waals surface area contributed by atoms with Gasteiger partial charge >= 0.3 is 0 Å². The zero-order valence-electron chi connectivity index (χ0n) is 17.7. The Balaban J connectivity index is 1.30. The maximum atomic E-state index is 12.5. The molecular weight excluding hydrogens is 396 g/mol. The fraction of sp³-hybridized carbons (Fsp3) is 0.417. The van der Waals surface area contributed by atoms with Crippen molar-refractivity contribution < 1.29 is 23.8 Å². The lowest BCUT2D eigenvalue weighted by Crippen LogP contribution is -2.45. The molecule has 2 amide bonds. The van der Waals surface area contributed by atoms with Crippen molar-refractivity contribution in [1.29, 1.82) is 0 Å². The van der Waals surface area contributed by atoms with Gasteiger partial charge in [0.05, 0.1) is 13.7 Å². The Hall–Kier alpha value is -3.22. The molecule has 4 rings (SSSR count). The quantitative estimate of drug-likeness (QED) is 0.680. The Morgan fingerprint density at radius 2 is 2.06 bits per heavy atom. The molecule has 2 aliphatic rings. The monoisotopic (exact) mass is 424 g/mol. The van der Waals surface area contributed by atoms with Crippen LogP contribution in [0.3, 0.4) is 0 Å². The predicted octanol–water partition coefficient (Wildman–Crippen LogP) is 2.62. The summed E-state index contributed by atoms with van der Waals surface area (Å²) in [5, 5.41) is 6.06. The summed E-state index contributed by atoms with van der Waals surface area (Å²) in [6.07, 6.45) is 2.54. The van der Waals surface area contributed by atoms with Gasteiger partial charge < -0.3 is 24.8 Å². The highest BCUT2D eigenvalue weighted by Crippen LogP contribution is 2.32. The minimum absolute atomic E-state index is 0.0368. The van der Waals surface area contributed by atoms with E-state index >= 15 is 0 Å². The Labute approximate surface area is 182 Å². The van der Waals surface area contributed by atoms with Gasteiger partial charge in [-0.2, -0.15) is 0 Å². The molecule has 0 radical (unpaired) electrons. The Bertz CT molecular complexity index is 947. The van der Waals surface area contributed by atoms with Crippen LogP contribution in [-0.4, -0.2) is 43.7 Å². The molecule has 0 spiro atoms. The number of carbonyl (C=O) groups is 2. The van der Waals surface area contributed by atoms with E-state index in [1.54, 1.807) is 7.11 Å². The fourth-order valence-corrected chi connectivity index (χ4v) is 4.19. The number of hydrogen-bond acceptors (Lipinski definition) is 5. The summed E-state index contributed by atoms with van der Waals surface area (Å²) in [5.41, 5.74) is 0.665. The summed E-state index contributed by atoms with van der Waals surface area (Å²) >= 11 is 0. The van der Waals surface area contributed by atoms with Gasteiger partial charge in [0.1, 0.15) is 18.5 Å². The number of hydrogen-bond donors (Lipinski definition) is 2. The number of methoxy groups -OCH3 is 1. The number of fused-ring (bicyclic) bond motifs is 1. The Morgan fingerprint density at radius 1 is 1.23 bits per heavy atom. The van der Waals surface area contributed by atoms with Crippen LogP contribution < -0.4 is 24.8 Å². The molecule has 1 saturated heterocycles. The Kier molecular flexibility index (Phi) is 6.30. The molecule has 2 atom stereocenters. The van der Waals surface area contributed by atoms with Crippen molar-refractivity contribution >= 4 is 11.8 Å². The van der Waals surface area contributed by atoms with Crippen molar-refractivity contribution in [3.8, 4) is 17.2 Å². The van der Waals surface area contributed by atoms with Crippen LogP contribution in [0, 0.1) is 0 Å². The number of carbonyl (C=O) groups excluding carboxylic acids is 2. The maximum absolute atomic E-state index is 12.5. The minimum Gasteiger partial charge on any atom is -0.497 e. The number of rotatable bonds is 8. The molecule has 31 heavy (non-hydrogen) atoms. The average molecular weight is 424 g/mol. The normalized spacial score (nSPS) is 22.0. The van der Waals surface area contributed by atoms with Gasteiger partial charge in [0.25, 0.3) is 0 Å². The molecule has 2 aromatic rings. The first-order chi connectivity index (χ1) is 15.0. The van der Waals surface area contributed by atoms with Gasteiger partial charge in [0.15, 0.2) is 11.5 Å². The fourth-order valence-electron chi connectivity index (χ4n) is 4.19. The summed E-state index contributed by atoms with van der Waals surface area (Å²) in [6, 6.07) is 15.3. The van der Waals surface area contributed by atoms with E-state index in [0.29, 0.717) is 51.0 Å². The molecule has 0 aromatic heterocycles. The SMILES string of the molecule is COc1cccc(C[C@]2(CCC(=O)NC[C@H]3COc4ccccc4O3)CCC(=O)N2)c1. The van der Waals surface area contributed by atoms with Crippen LogP contribution in [0.15, 0.2) is 48.5 Å². The third kappa shape index (κ3) is 5.29.